The van der Waals surface area contributed by atoms with Gasteiger partial charge >= 0.3 is 0 Å². The quantitative estimate of drug-likeness (QED) is 0.608. The first kappa shape index (κ1) is 19.8. The summed E-state index contributed by atoms with van der Waals surface area (Å²) in [6.07, 6.45) is 1.62. The summed E-state index contributed by atoms with van der Waals surface area (Å²) in [6, 6.07) is 10.5. The minimum Gasteiger partial charge on any atom is -0.506 e. The summed E-state index contributed by atoms with van der Waals surface area (Å²) in [5, 5.41) is 11.3. The molecule has 0 spiro atoms. The Labute approximate surface area is 174 Å². The molecular formula is C19H16BrClN2O3S. The molecule has 27 heavy (non-hydrogen) atoms. The number of thioether (sulfide) groups is 1. The average Bonchev–Trinajstić information content (AvgIpc) is 2.94. The minimum atomic E-state index is -0.162. The minimum absolute atomic E-state index is 0.0314. The van der Waals surface area contributed by atoms with E-state index < -0.39 is 0 Å². The van der Waals surface area contributed by atoms with Crippen molar-refractivity contribution in [2.75, 3.05) is 13.7 Å². The Bertz CT molecular complexity index is 945. The first-order valence-electron chi connectivity index (χ1n) is 8.05. The van der Waals surface area contributed by atoms with Gasteiger partial charge in [0.2, 0.25) is 0 Å². The molecule has 0 saturated carbocycles. The number of hydrogen-bond donors (Lipinski definition) is 1. The lowest BCUT2D eigenvalue weighted by molar-refractivity contribution is -0.122. The number of phenols is 1. The molecule has 1 aliphatic heterocycles. The Hall–Kier alpha value is -1.96. The second-order valence-corrected chi connectivity index (χ2v) is 7.88. The number of hydrogen-bond acceptors (Lipinski definition) is 5. The van der Waals surface area contributed by atoms with Crippen LogP contribution in [0, 0.1) is 0 Å². The van der Waals surface area contributed by atoms with E-state index in [1.165, 1.54) is 11.8 Å². The van der Waals surface area contributed by atoms with Gasteiger partial charge in [-0.05, 0) is 77.1 Å². The Morgan fingerprint density at radius 3 is 2.67 bits per heavy atom. The predicted octanol–water partition coefficient (Wildman–Crippen LogP) is 5.44. The van der Waals surface area contributed by atoms with Crippen LogP contribution in [0.5, 0.6) is 11.5 Å². The molecule has 0 aromatic heterocycles. The van der Waals surface area contributed by atoms with Gasteiger partial charge in [-0.2, -0.15) is 0 Å². The number of likely N-dealkylation sites (N-methyl/N-ethyl adjacent to an activating group) is 1. The number of carbonyl (C=O) groups is 1. The number of phenolic OH excluding ortho intramolecular Hbond substituents is 1. The van der Waals surface area contributed by atoms with E-state index in [-0.39, 0.29) is 11.7 Å². The van der Waals surface area contributed by atoms with Crippen LogP contribution in [0.3, 0.4) is 0 Å². The number of aromatic hydroxyl groups is 1. The van der Waals surface area contributed by atoms with Crippen molar-refractivity contribution in [3.8, 4) is 11.5 Å². The third-order valence-electron chi connectivity index (χ3n) is 3.85. The molecule has 2 aromatic carbocycles. The highest BCUT2D eigenvalue weighted by atomic mass is 79.9. The molecule has 1 saturated heterocycles. The van der Waals surface area contributed by atoms with Crippen molar-refractivity contribution in [1.29, 1.82) is 0 Å². The highest BCUT2D eigenvalue weighted by Crippen LogP contribution is 2.38. The van der Waals surface area contributed by atoms with Crippen LogP contribution in [0.2, 0.25) is 5.02 Å². The number of halogens is 2. The zero-order valence-corrected chi connectivity index (χ0v) is 17.7. The maximum absolute atomic E-state index is 12.7. The lowest BCUT2D eigenvalue weighted by Gasteiger charge is -2.12. The molecule has 0 atom stereocenters. The summed E-state index contributed by atoms with van der Waals surface area (Å²) in [6.45, 7) is 2.38. The highest BCUT2D eigenvalue weighted by Gasteiger charge is 2.32. The van der Waals surface area contributed by atoms with Gasteiger partial charge in [0.05, 0.1) is 22.2 Å². The van der Waals surface area contributed by atoms with Crippen molar-refractivity contribution in [3.05, 3.63) is 56.4 Å². The molecule has 0 aliphatic carbocycles. The fourth-order valence-electron chi connectivity index (χ4n) is 2.47. The molecule has 3 rings (SSSR count). The topological polar surface area (TPSA) is 62.1 Å². The molecule has 0 unspecified atom stereocenters. The summed E-state index contributed by atoms with van der Waals surface area (Å²) in [7, 11) is 1.60. The lowest BCUT2D eigenvalue weighted by Crippen LogP contribution is -2.28. The van der Waals surface area contributed by atoms with Gasteiger partial charge in [-0.15, -0.1) is 0 Å². The SMILES string of the molecule is CCN1C(=O)/C(=C\c2cc(Cl)cc(Br)c2O)SC1=Nc1ccc(OC)cc1. The fourth-order valence-corrected chi connectivity index (χ4v) is 4.36. The van der Waals surface area contributed by atoms with Crippen LogP contribution < -0.4 is 4.74 Å². The summed E-state index contributed by atoms with van der Waals surface area (Å²) in [5.74, 6) is 0.609. The standard InChI is InChI=1S/C19H16BrClN2O3S/c1-3-23-18(25)16(9-11-8-12(21)10-15(20)17(11)24)27-19(23)22-13-4-6-14(26-2)7-5-13/h4-10,24H,3H2,1-2H3/b16-9+,22-19?. The molecule has 1 fully saturated rings. The van der Waals surface area contributed by atoms with E-state index >= 15 is 0 Å². The van der Waals surface area contributed by atoms with Gasteiger partial charge in [0.1, 0.15) is 11.5 Å². The summed E-state index contributed by atoms with van der Waals surface area (Å²) < 4.78 is 5.62. The normalized spacial score (nSPS) is 17.2. The van der Waals surface area contributed by atoms with Gasteiger partial charge < -0.3 is 9.84 Å². The second-order valence-electron chi connectivity index (χ2n) is 5.58. The number of rotatable bonds is 4. The average molecular weight is 468 g/mol. The molecule has 0 radical (unpaired) electrons. The molecule has 5 nitrogen and oxygen atoms in total. The highest BCUT2D eigenvalue weighted by molar-refractivity contribution is 9.10. The van der Waals surface area contributed by atoms with E-state index in [9.17, 15) is 9.90 Å². The Morgan fingerprint density at radius 2 is 2.04 bits per heavy atom. The van der Waals surface area contributed by atoms with Crippen molar-refractivity contribution in [2.24, 2.45) is 4.99 Å². The Kier molecular flexibility index (Phi) is 6.14. The number of amides is 1. The predicted molar refractivity (Wildman–Crippen MR) is 114 cm³/mol. The number of methoxy groups -OCH3 is 1. The molecular weight excluding hydrogens is 452 g/mol. The second kappa shape index (κ2) is 8.37. The molecule has 0 bridgehead atoms. The van der Waals surface area contributed by atoms with Crippen molar-refractivity contribution >= 4 is 62.1 Å². The van der Waals surface area contributed by atoms with Crippen LogP contribution in [0.1, 0.15) is 12.5 Å². The fraction of sp³-hybridized carbons (Fsp3) is 0.158. The number of aliphatic imine (C=N–C) groups is 1. The third kappa shape index (κ3) is 4.31. The Balaban J connectivity index is 1.96. The molecule has 1 N–H and O–H groups in total. The van der Waals surface area contributed by atoms with E-state index in [1.807, 2.05) is 31.2 Å². The molecule has 1 heterocycles. The van der Waals surface area contributed by atoms with Gasteiger partial charge in [0.15, 0.2) is 5.17 Å². The van der Waals surface area contributed by atoms with Crippen molar-refractivity contribution in [3.63, 3.8) is 0 Å². The van der Waals surface area contributed by atoms with E-state index in [2.05, 4.69) is 20.9 Å². The van der Waals surface area contributed by atoms with Crippen LogP contribution in [0.25, 0.3) is 6.08 Å². The Morgan fingerprint density at radius 1 is 1.33 bits per heavy atom. The zero-order valence-electron chi connectivity index (χ0n) is 14.6. The number of carbonyl (C=O) groups excluding carboxylic acids is 1. The number of nitrogens with zero attached hydrogens (tertiary/aromatic N) is 2. The molecule has 2 aromatic rings. The number of benzene rings is 2. The molecule has 1 amide bonds. The number of ether oxygens (including phenoxy) is 1. The van der Waals surface area contributed by atoms with E-state index in [0.717, 1.165) is 11.4 Å². The lowest BCUT2D eigenvalue weighted by atomic mass is 10.2. The van der Waals surface area contributed by atoms with E-state index in [1.54, 1.807) is 30.2 Å². The van der Waals surface area contributed by atoms with E-state index in [0.29, 0.717) is 31.7 Å². The van der Waals surface area contributed by atoms with Crippen LogP contribution in [-0.4, -0.2) is 34.7 Å². The number of amidine groups is 1. The van der Waals surface area contributed by atoms with Crippen LogP contribution >= 0.6 is 39.3 Å². The largest absolute Gasteiger partial charge is 0.506 e. The molecule has 1 aliphatic rings. The molecule has 140 valence electrons. The van der Waals surface area contributed by atoms with E-state index in [4.69, 9.17) is 16.3 Å². The van der Waals surface area contributed by atoms with Gasteiger partial charge in [-0.25, -0.2) is 4.99 Å². The van der Waals surface area contributed by atoms with Gasteiger partial charge in [0.25, 0.3) is 5.91 Å². The third-order valence-corrected chi connectivity index (χ3v) is 5.68. The maximum Gasteiger partial charge on any atom is 0.266 e. The van der Waals surface area contributed by atoms with Gasteiger partial charge in [-0.3, -0.25) is 9.69 Å². The van der Waals surface area contributed by atoms with Crippen LogP contribution in [0.15, 0.2) is 50.8 Å². The monoisotopic (exact) mass is 466 g/mol. The first-order chi connectivity index (χ1) is 12.9. The summed E-state index contributed by atoms with van der Waals surface area (Å²) in [4.78, 5) is 19.4. The van der Waals surface area contributed by atoms with Crippen LogP contribution in [-0.2, 0) is 4.79 Å². The molecule has 8 heteroatoms. The first-order valence-corrected chi connectivity index (χ1v) is 10.0. The smallest absolute Gasteiger partial charge is 0.266 e. The van der Waals surface area contributed by atoms with Crippen molar-refractivity contribution in [1.82, 2.24) is 4.90 Å². The summed E-state index contributed by atoms with van der Waals surface area (Å²) in [5.41, 5.74) is 1.19. The van der Waals surface area contributed by atoms with Crippen molar-refractivity contribution < 1.29 is 14.6 Å². The van der Waals surface area contributed by atoms with Gasteiger partial charge in [0, 0.05) is 17.1 Å². The maximum atomic E-state index is 12.7. The van der Waals surface area contributed by atoms with Crippen LogP contribution in [0.4, 0.5) is 5.69 Å². The van der Waals surface area contributed by atoms with Gasteiger partial charge in [-0.1, -0.05) is 11.6 Å². The zero-order chi connectivity index (χ0) is 19.6. The van der Waals surface area contributed by atoms with Crippen molar-refractivity contribution in [2.45, 2.75) is 6.92 Å². The summed E-state index contributed by atoms with van der Waals surface area (Å²) >= 11 is 10.6.